The molecule has 0 saturated carbocycles. The summed E-state index contributed by atoms with van der Waals surface area (Å²) in [6.45, 7) is 0. The van der Waals surface area contributed by atoms with Crippen molar-refractivity contribution in [1.82, 2.24) is 0 Å². The Balaban J connectivity index is 3.40. The molecule has 0 radical (unpaired) electrons. The monoisotopic (exact) mass is 347 g/mol. The Morgan fingerprint density at radius 1 is 0.688 bits per heavy atom. The van der Waals surface area contributed by atoms with Gasteiger partial charge in [-0.3, -0.25) is 0 Å². The van der Waals surface area contributed by atoms with Crippen LogP contribution in [0.15, 0.2) is 0 Å². The average molecular weight is 346 g/mol. The van der Waals surface area contributed by atoms with Crippen molar-refractivity contribution in [3.8, 4) is 0 Å². The van der Waals surface area contributed by atoms with Crippen molar-refractivity contribution in [3.05, 3.63) is 29.1 Å². The summed E-state index contributed by atoms with van der Waals surface area (Å²) in [5.74, 6) is -9.58. The molecule has 1 rings (SSSR count). The van der Waals surface area contributed by atoms with Crippen LogP contribution in [-0.2, 0) is 0 Å². The average Bonchev–Trinajstić information content (AvgIpc) is 2.17. The van der Waals surface area contributed by atoms with Gasteiger partial charge < -0.3 is 0 Å². The molecule has 0 unspecified atom stereocenters. The van der Waals surface area contributed by atoms with E-state index >= 15 is 0 Å². The van der Waals surface area contributed by atoms with Gasteiger partial charge in [0.2, 0.25) is 0 Å². The predicted molar refractivity (Wildman–Crippen MR) is 53.2 cm³/mol. The zero-order valence-corrected chi connectivity index (χ0v) is 11.7. The van der Waals surface area contributed by atoms with Crippen molar-refractivity contribution < 1.29 is 22.0 Å². The van der Waals surface area contributed by atoms with Crippen LogP contribution in [-0.4, -0.2) is 18.7 Å². The molecule has 1 aromatic carbocycles. The Bertz CT molecular complexity index is 398. The second-order valence-corrected chi connectivity index (χ2v) is 17.9. The number of benzene rings is 1. The molecular weight excluding hydrogens is 336 g/mol. The second kappa shape index (κ2) is 4.38. The first-order valence-electron chi connectivity index (χ1n) is 4.44. The Morgan fingerprint density at radius 2 is 1.00 bits per heavy atom. The minimum absolute atomic E-state index is 0.917. The Kier molecular flexibility index (Phi) is 3.71. The van der Waals surface area contributed by atoms with Crippen LogP contribution in [0.4, 0.5) is 27.6 Å². The number of hydrogen-bond donors (Lipinski definition) is 1. The van der Waals surface area contributed by atoms with Gasteiger partial charge in [-0.05, 0) is 0 Å². The molecule has 90 valence electrons. The van der Waals surface area contributed by atoms with Gasteiger partial charge in [-0.15, -0.1) is 0 Å². The van der Waals surface area contributed by atoms with E-state index in [0.29, 0.717) is 0 Å². The van der Waals surface area contributed by atoms with E-state index in [4.69, 9.17) is 0 Å². The Morgan fingerprint density at radius 3 is 1.31 bits per heavy atom. The molecule has 1 N–H and O–H groups in total. The van der Waals surface area contributed by atoms with Gasteiger partial charge in [-0.1, -0.05) is 0 Å². The van der Waals surface area contributed by atoms with Gasteiger partial charge in [0.25, 0.3) is 0 Å². The van der Waals surface area contributed by atoms with Gasteiger partial charge in [0.1, 0.15) is 0 Å². The third-order valence-corrected chi connectivity index (χ3v) is 4.56. The second-order valence-electron chi connectivity index (χ2n) is 4.32. The number of halogens is 5. The van der Waals surface area contributed by atoms with E-state index in [1.54, 1.807) is 14.8 Å². The summed E-state index contributed by atoms with van der Waals surface area (Å²) in [5, 5.41) is 0. The van der Waals surface area contributed by atoms with Crippen molar-refractivity contribution in [2.45, 2.75) is 14.8 Å². The summed E-state index contributed by atoms with van der Waals surface area (Å²) in [6, 6.07) is 0. The van der Waals surface area contributed by atoms with Crippen molar-refractivity contribution in [2.75, 3.05) is 3.54 Å². The molecule has 0 aliphatic heterocycles. The molecule has 0 aliphatic rings. The third kappa shape index (κ3) is 2.58. The fourth-order valence-corrected chi connectivity index (χ4v) is 3.86. The van der Waals surface area contributed by atoms with Crippen LogP contribution in [0.3, 0.4) is 0 Å². The van der Waals surface area contributed by atoms with Crippen LogP contribution < -0.4 is 3.54 Å². The molecule has 16 heavy (non-hydrogen) atoms. The quantitative estimate of drug-likeness (QED) is 0.373. The number of rotatable bonds is 2. The summed E-state index contributed by atoms with van der Waals surface area (Å²) < 4.78 is 67.1. The molecule has 0 aliphatic carbocycles. The topological polar surface area (TPSA) is 12.0 Å². The van der Waals surface area contributed by atoms with Crippen molar-refractivity contribution in [1.29, 1.82) is 0 Å². The SMILES string of the molecule is [CH3][Sn]([CH3])([CH3])[NH]c1c(F)c(F)c(F)c(F)c1F. The van der Waals surface area contributed by atoms with E-state index in [9.17, 15) is 22.0 Å². The molecule has 0 fully saturated rings. The van der Waals surface area contributed by atoms with Crippen LogP contribution in [0.2, 0.25) is 14.8 Å². The summed E-state index contributed by atoms with van der Waals surface area (Å²) in [5.41, 5.74) is -0.917. The van der Waals surface area contributed by atoms with E-state index in [2.05, 4.69) is 3.54 Å². The molecule has 0 amide bonds. The molecule has 7 heteroatoms. The van der Waals surface area contributed by atoms with Gasteiger partial charge in [-0.25, -0.2) is 0 Å². The van der Waals surface area contributed by atoms with Crippen LogP contribution in [0.25, 0.3) is 0 Å². The van der Waals surface area contributed by atoms with Crippen LogP contribution in [0.1, 0.15) is 0 Å². The van der Waals surface area contributed by atoms with Crippen molar-refractivity contribution in [2.24, 2.45) is 0 Å². The molecule has 0 atom stereocenters. The van der Waals surface area contributed by atoms with E-state index < -0.39 is 53.4 Å². The van der Waals surface area contributed by atoms with Crippen LogP contribution >= 0.6 is 0 Å². The first-order valence-corrected chi connectivity index (χ1v) is 14.4. The van der Waals surface area contributed by atoms with Crippen LogP contribution in [0, 0.1) is 29.1 Å². The molecule has 0 heterocycles. The molecule has 0 bridgehead atoms. The predicted octanol–water partition coefficient (Wildman–Crippen LogP) is 3.63. The number of anilines is 1. The zero-order valence-electron chi connectivity index (χ0n) is 8.89. The maximum atomic E-state index is 13.2. The summed E-state index contributed by atoms with van der Waals surface area (Å²) in [4.78, 5) is 5.23. The zero-order chi connectivity index (χ0) is 12.7. The molecule has 0 aromatic heterocycles. The van der Waals surface area contributed by atoms with E-state index in [1.807, 2.05) is 0 Å². The molecule has 1 nitrogen and oxygen atoms in total. The fraction of sp³-hybridized carbons (Fsp3) is 0.333. The molecule has 0 saturated heterocycles. The van der Waals surface area contributed by atoms with E-state index in [0.717, 1.165) is 0 Å². The van der Waals surface area contributed by atoms with E-state index in [1.165, 1.54) is 0 Å². The minimum atomic E-state index is -2.92. The summed E-state index contributed by atoms with van der Waals surface area (Å²) in [7, 11) is 0. The third-order valence-electron chi connectivity index (χ3n) is 1.71. The van der Waals surface area contributed by atoms with E-state index in [-0.39, 0.29) is 0 Å². The van der Waals surface area contributed by atoms with Gasteiger partial charge >= 0.3 is 93.7 Å². The molecule has 0 spiro atoms. The first-order chi connectivity index (χ1) is 7.15. The molecular formula is C9H10F5NSn. The first kappa shape index (κ1) is 13.5. The normalized spacial score (nSPS) is 11.8. The fourth-order valence-electron chi connectivity index (χ4n) is 1.09. The van der Waals surface area contributed by atoms with Crippen molar-refractivity contribution in [3.63, 3.8) is 0 Å². The Hall–Kier alpha value is -0.531. The summed E-state index contributed by atoms with van der Waals surface area (Å²) in [6.07, 6.45) is 0. The number of nitrogens with one attached hydrogen (secondary N) is 1. The van der Waals surface area contributed by atoms with Gasteiger partial charge in [0.05, 0.1) is 0 Å². The maximum absolute atomic E-state index is 13.2. The van der Waals surface area contributed by atoms with Crippen molar-refractivity contribution >= 4 is 24.3 Å². The summed E-state index contributed by atoms with van der Waals surface area (Å²) >= 11 is -2.92. The standard InChI is InChI=1S/C6HF5N.3CH3.Sn/c7-1-2(8)4(10)6(12)5(11)3(1)9;;;;/h12H;3*1H3;/q-1;;;;+1. The van der Waals surface area contributed by atoms with Gasteiger partial charge in [0.15, 0.2) is 0 Å². The molecule has 1 aromatic rings. The van der Waals surface area contributed by atoms with Crippen LogP contribution in [0.5, 0.6) is 0 Å². The van der Waals surface area contributed by atoms with Gasteiger partial charge in [-0.2, -0.15) is 0 Å². The Labute approximate surface area is 93.9 Å². The number of hydrogen-bond acceptors (Lipinski definition) is 1. The van der Waals surface area contributed by atoms with Gasteiger partial charge in [0, 0.05) is 0 Å².